The molecule has 8 heteroatoms. The third-order valence-electron chi connectivity index (χ3n) is 6.54. The Labute approximate surface area is 230 Å². The predicted octanol–water partition coefficient (Wildman–Crippen LogP) is 6.71. The van der Waals surface area contributed by atoms with Gasteiger partial charge in [-0.3, -0.25) is 9.78 Å². The largest absolute Gasteiger partial charge is 0.351 e. The van der Waals surface area contributed by atoms with Gasteiger partial charge in [-0.25, -0.2) is 0 Å². The van der Waals surface area contributed by atoms with Gasteiger partial charge in [0.15, 0.2) is 5.11 Å². The van der Waals surface area contributed by atoms with Crippen molar-refractivity contribution in [2.45, 2.75) is 32.9 Å². The molecule has 0 aliphatic carbocycles. The second kappa shape index (κ2) is 10.5. The summed E-state index contributed by atoms with van der Waals surface area (Å²) in [5.41, 5.74) is 5.76. The molecule has 1 saturated heterocycles. The molecule has 6 nitrogen and oxygen atoms in total. The van der Waals surface area contributed by atoms with E-state index >= 15 is 0 Å². The van der Waals surface area contributed by atoms with E-state index in [0.29, 0.717) is 5.11 Å². The lowest BCUT2D eigenvalue weighted by Crippen LogP contribution is -2.30. The normalized spacial score (nSPS) is 17.2. The summed E-state index contributed by atoms with van der Waals surface area (Å²) < 4.78 is 3.20. The molecule has 3 heterocycles. The van der Waals surface area contributed by atoms with Crippen molar-refractivity contribution >= 4 is 50.5 Å². The summed E-state index contributed by atoms with van der Waals surface area (Å²) in [6, 6.07) is 24.1. The van der Waals surface area contributed by atoms with Crippen LogP contribution in [-0.2, 0) is 4.79 Å². The fraction of sp³-hybridized carbons (Fsp3) is 0.207. The van der Waals surface area contributed by atoms with Gasteiger partial charge in [0.05, 0.1) is 11.7 Å². The summed E-state index contributed by atoms with van der Waals surface area (Å²) in [5.74, 6) is -0.0992. The van der Waals surface area contributed by atoms with Crippen LogP contribution in [0, 0.1) is 12.8 Å². The first-order chi connectivity index (χ1) is 17.8. The molecule has 0 radical (unpaired) electrons. The highest BCUT2D eigenvalue weighted by Gasteiger charge is 2.42. The SMILES string of the molecule is Cc1cc(N2C(=S)N[C@H](c3ccccn3)[C@@H]2c2cccn2-c2cccc(Br)c2)ccc1NC(=O)C(C)C. The second-order valence-electron chi connectivity index (χ2n) is 9.42. The average Bonchev–Trinajstić information content (AvgIpc) is 3.50. The Morgan fingerprint density at radius 2 is 1.89 bits per heavy atom. The van der Waals surface area contributed by atoms with Crippen molar-refractivity contribution in [1.29, 1.82) is 0 Å². The van der Waals surface area contributed by atoms with Gasteiger partial charge in [0.25, 0.3) is 0 Å². The van der Waals surface area contributed by atoms with Crippen LogP contribution >= 0.6 is 28.1 Å². The van der Waals surface area contributed by atoms with Crippen LogP contribution in [0.1, 0.15) is 42.9 Å². The minimum Gasteiger partial charge on any atom is -0.351 e. The van der Waals surface area contributed by atoms with Crippen molar-refractivity contribution < 1.29 is 4.79 Å². The predicted molar refractivity (Wildman–Crippen MR) is 156 cm³/mol. The number of rotatable bonds is 6. The number of hydrogen-bond donors (Lipinski definition) is 2. The van der Waals surface area contributed by atoms with Gasteiger partial charge in [-0.05, 0) is 85.4 Å². The van der Waals surface area contributed by atoms with Crippen LogP contribution in [-0.4, -0.2) is 20.6 Å². The van der Waals surface area contributed by atoms with E-state index in [-0.39, 0.29) is 23.9 Å². The second-order valence-corrected chi connectivity index (χ2v) is 10.7. The lowest BCUT2D eigenvalue weighted by Gasteiger charge is -2.29. The number of aromatic nitrogens is 2. The molecule has 0 bridgehead atoms. The summed E-state index contributed by atoms with van der Waals surface area (Å²) in [5, 5.41) is 7.18. The van der Waals surface area contributed by atoms with Crippen LogP contribution in [0.2, 0.25) is 0 Å². The molecular weight excluding hydrogens is 546 g/mol. The highest BCUT2D eigenvalue weighted by Crippen LogP contribution is 2.43. The van der Waals surface area contributed by atoms with E-state index in [1.165, 1.54) is 0 Å². The maximum Gasteiger partial charge on any atom is 0.226 e. The Balaban J connectivity index is 1.60. The summed E-state index contributed by atoms with van der Waals surface area (Å²) in [4.78, 5) is 19.1. The van der Waals surface area contributed by atoms with E-state index in [4.69, 9.17) is 12.2 Å². The molecule has 2 aromatic heterocycles. The zero-order valence-corrected chi connectivity index (χ0v) is 23.3. The molecule has 1 fully saturated rings. The summed E-state index contributed by atoms with van der Waals surface area (Å²) in [6.07, 6.45) is 3.88. The van der Waals surface area contributed by atoms with E-state index < -0.39 is 0 Å². The molecule has 0 unspecified atom stereocenters. The standard InChI is InChI=1S/C29H28BrN5OS/c1-18(2)28(36)32-23-13-12-22(16-19(23)3)35-27(26(33-29(35)37)24-10-4-5-14-31-24)25-11-7-15-34(25)21-9-6-8-20(30)17-21/h4-18,26-27H,1-3H3,(H,32,36)(H,33,37)/t26-,27+/m1/s1. The molecule has 0 saturated carbocycles. The summed E-state index contributed by atoms with van der Waals surface area (Å²) in [6.45, 7) is 5.77. The van der Waals surface area contributed by atoms with Gasteiger partial charge in [0.2, 0.25) is 5.91 Å². The van der Waals surface area contributed by atoms with Gasteiger partial charge in [-0.1, -0.05) is 41.9 Å². The lowest BCUT2D eigenvalue weighted by molar-refractivity contribution is -0.118. The third-order valence-corrected chi connectivity index (χ3v) is 7.35. The quantitative estimate of drug-likeness (QED) is 0.251. The number of benzene rings is 2. The van der Waals surface area contributed by atoms with Gasteiger partial charge in [0, 0.05) is 45.5 Å². The molecule has 1 aliphatic heterocycles. The number of amides is 1. The maximum atomic E-state index is 12.3. The molecular formula is C29H28BrN5OS. The first-order valence-electron chi connectivity index (χ1n) is 12.2. The van der Waals surface area contributed by atoms with Crippen molar-refractivity contribution in [2.24, 2.45) is 5.92 Å². The average molecular weight is 575 g/mol. The molecule has 0 spiro atoms. The maximum absolute atomic E-state index is 12.3. The monoisotopic (exact) mass is 573 g/mol. The zero-order valence-electron chi connectivity index (χ0n) is 20.9. The van der Waals surface area contributed by atoms with Gasteiger partial charge in [-0.15, -0.1) is 0 Å². The molecule has 1 aliphatic rings. The highest BCUT2D eigenvalue weighted by molar-refractivity contribution is 9.10. The Kier molecular flexibility index (Phi) is 7.13. The molecule has 2 atom stereocenters. The third kappa shape index (κ3) is 5.04. The molecule has 37 heavy (non-hydrogen) atoms. The van der Waals surface area contributed by atoms with Gasteiger partial charge >= 0.3 is 0 Å². The minimum atomic E-state index is -0.160. The summed E-state index contributed by atoms with van der Waals surface area (Å²) in [7, 11) is 0. The van der Waals surface area contributed by atoms with E-state index in [2.05, 4.69) is 77.5 Å². The van der Waals surface area contributed by atoms with E-state index in [1.807, 2.05) is 69.4 Å². The lowest BCUT2D eigenvalue weighted by atomic mass is 10.00. The first-order valence-corrected chi connectivity index (χ1v) is 13.4. The van der Waals surface area contributed by atoms with Crippen molar-refractivity contribution in [3.8, 4) is 5.69 Å². The number of anilines is 2. The molecule has 2 N–H and O–H groups in total. The Bertz CT molecular complexity index is 1450. The number of thiocarbonyl (C=S) groups is 1. The number of halogens is 1. The molecule has 4 aromatic rings. The molecule has 1 amide bonds. The topological polar surface area (TPSA) is 62.2 Å². The number of nitrogens with zero attached hydrogens (tertiary/aromatic N) is 3. The van der Waals surface area contributed by atoms with Crippen LogP contribution in [0.25, 0.3) is 5.69 Å². The van der Waals surface area contributed by atoms with Crippen molar-refractivity contribution in [3.05, 3.63) is 107 Å². The minimum absolute atomic E-state index is 0.00541. The van der Waals surface area contributed by atoms with Gasteiger partial charge < -0.3 is 20.1 Å². The first kappa shape index (κ1) is 25.2. The van der Waals surface area contributed by atoms with Crippen LogP contribution in [0.15, 0.2) is 89.7 Å². The highest BCUT2D eigenvalue weighted by atomic mass is 79.9. The van der Waals surface area contributed by atoms with Gasteiger partial charge in [0.1, 0.15) is 6.04 Å². The summed E-state index contributed by atoms with van der Waals surface area (Å²) >= 11 is 9.52. The Morgan fingerprint density at radius 1 is 1.05 bits per heavy atom. The van der Waals surface area contributed by atoms with Crippen molar-refractivity contribution in [2.75, 3.05) is 10.2 Å². The number of nitrogens with one attached hydrogen (secondary N) is 2. The number of carbonyl (C=O) groups is 1. The van der Waals surface area contributed by atoms with Crippen LogP contribution in [0.5, 0.6) is 0 Å². The number of carbonyl (C=O) groups excluding carboxylic acids is 1. The van der Waals surface area contributed by atoms with E-state index in [0.717, 1.165) is 38.5 Å². The zero-order chi connectivity index (χ0) is 26.1. The van der Waals surface area contributed by atoms with E-state index in [1.54, 1.807) is 0 Å². The van der Waals surface area contributed by atoms with Crippen molar-refractivity contribution in [1.82, 2.24) is 14.9 Å². The van der Waals surface area contributed by atoms with Crippen molar-refractivity contribution in [3.63, 3.8) is 0 Å². The number of pyridine rings is 1. The van der Waals surface area contributed by atoms with E-state index in [9.17, 15) is 4.79 Å². The van der Waals surface area contributed by atoms with Crippen LogP contribution < -0.4 is 15.5 Å². The van der Waals surface area contributed by atoms with Gasteiger partial charge in [-0.2, -0.15) is 0 Å². The smallest absolute Gasteiger partial charge is 0.226 e. The fourth-order valence-electron chi connectivity index (χ4n) is 4.64. The molecule has 188 valence electrons. The van der Waals surface area contributed by atoms with Crippen LogP contribution in [0.4, 0.5) is 11.4 Å². The number of hydrogen-bond acceptors (Lipinski definition) is 3. The molecule has 2 aromatic carbocycles. The Morgan fingerprint density at radius 3 is 2.59 bits per heavy atom. The number of aryl methyl sites for hydroxylation is 1. The fourth-order valence-corrected chi connectivity index (χ4v) is 5.38. The van der Waals surface area contributed by atoms with Crippen LogP contribution in [0.3, 0.4) is 0 Å². The molecule has 5 rings (SSSR count). The Hall–Kier alpha value is -3.49.